The second-order valence-corrected chi connectivity index (χ2v) is 6.95. The highest BCUT2D eigenvalue weighted by Gasteiger charge is 2.26. The normalized spacial score (nSPS) is 16.8. The number of hydrogen-bond acceptors (Lipinski definition) is 6. The van der Waals surface area contributed by atoms with Gasteiger partial charge in [-0.1, -0.05) is 26.0 Å². The van der Waals surface area contributed by atoms with Gasteiger partial charge in [-0.2, -0.15) is 0 Å². The van der Waals surface area contributed by atoms with Gasteiger partial charge in [0.25, 0.3) is 0 Å². The highest BCUT2D eigenvalue weighted by atomic mass is 16.7. The van der Waals surface area contributed by atoms with Crippen molar-refractivity contribution < 1.29 is 24.1 Å². The SMILES string of the molecule is CC(C)CN[C@@H](c1ccc2c(c1)OCO2)[C@H](O)c1ccc2c(c1)OCO2. The minimum Gasteiger partial charge on any atom is -0.454 e. The Bertz CT molecular complexity index is 792. The lowest BCUT2D eigenvalue weighted by molar-refractivity contribution is 0.126. The average Bonchev–Trinajstić information content (AvgIpc) is 3.29. The Kier molecular flexibility index (Phi) is 4.61. The van der Waals surface area contributed by atoms with E-state index in [1.807, 2.05) is 36.4 Å². The van der Waals surface area contributed by atoms with Crippen LogP contribution in [0.3, 0.4) is 0 Å². The first kappa shape index (κ1) is 17.0. The number of aliphatic hydroxyl groups is 1. The molecule has 0 bridgehead atoms. The molecule has 0 radical (unpaired) electrons. The van der Waals surface area contributed by atoms with Crippen molar-refractivity contribution in [2.75, 3.05) is 20.1 Å². The molecular weight excluding hydrogens is 334 g/mol. The van der Waals surface area contributed by atoms with Crippen LogP contribution in [0.1, 0.15) is 37.1 Å². The van der Waals surface area contributed by atoms with Crippen LogP contribution >= 0.6 is 0 Å². The minimum absolute atomic E-state index is 0.214. The zero-order valence-corrected chi connectivity index (χ0v) is 14.9. The number of benzene rings is 2. The van der Waals surface area contributed by atoms with Crippen LogP contribution in [0, 0.1) is 5.92 Å². The van der Waals surface area contributed by atoms with Gasteiger partial charge in [-0.15, -0.1) is 0 Å². The Hall–Kier alpha value is -2.44. The maximum Gasteiger partial charge on any atom is 0.231 e. The molecule has 6 heteroatoms. The van der Waals surface area contributed by atoms with E-state index in [1.165, 1.54) is 0 Å². The summed E-state index contributed by atoms with van der Waals surface area (Å²) in [5.41, 5.74) is 1.72. The van der Waals surface area contributed by atoms with Crippen LogP contribution in [0.5, 0.6) is 23.0 Å². The molecule has 2 heterocycles. The van der Waals surface area contributed by atoms with Crippen LogP contribution in [-0.2, 0) is 0 Å². The molecule has 2 aliphatic rings. The molecule has 4 rings (SSSR count). The summed E-state index contributed by atoms with van der Waals surface area (Å²) in [7, 11) is 0. The molecule has 2 aromatic rings. The van der Waals surface area contributed by atoms with Crippen LogP contribution in [0.25, 0.3) is 0 Å². The highest BCUT2D eigenvalue weighted by Crippen LogP contribution is 2.40. The van der Waals surface area contributed by atoms with Crippen LogP contribution < -0.4 is 24.3 Å². The van der Waals surface area contributed by atoms with Crippen molar-refractivity contribution in [1.29, 1.82) is 0 Å². The zero-order chi connectivity index (χ0) is 18.1. The monoisotopic (exact) mass is 357 g/mol. The predicted octanol–water partition coefficient (Wildman–Crippen LogP) is 3.16. The van der Waals surface area contributed by atoms with E-state index in [2.05, 4.69) is 19.2 Å². The molecule has 2 atom stereocenters. The van der Waals surface area contributed by atoms with E-state index in [1.54, 1.807) is 0 Å². The molecule has 138 valence electrons. The third kappa shape index (κ3) is 3.30. The van der Waals surface area contributed by atoms with Gasteiger partial charge in [0, 0.05) is 0 Å². The first-order chi connectivity index (χ1) is 12.6. The van der Waals surface area contributed by atoms with E-state index in [9.17, 15) is 5.11 Å². The smallest absolute Gasteiger partial charge is 0.231 e. The fourth-order valence-corrected chi connectivity index (χ4v) is 3.17. The molecule has 26 heavy (non-hydrogen) atoms. The first-order valence-corrected chi connectivity index (χ1v) is 8.82. The van der Waals surface area contributed by atoms with Crippen LogP contribution in [0.2, 0.25) is 0 Å². The van der Waals surface area contributed by atoms with Gasteiger partial charge < -0.3 is 29.4 Å². The quantitative estimate of drug-likeness (QED) is 0.828. The number of hydrogen-bond donors (Lipinski definition) is 2. The van der Waals surface area contributed by atoms with Gasteiger partial charge >= 0.3 is 0 Å². The lowest BCUT2D eigenvalue weighted by atomic mass is 9.94. The van der Waals surface area contributed by atoms with Crippen molar-refractivity contribution in [3.05, 3.63) is 47.5 Å². The molecule has 0 spiro atoms. The van der Waals surface area contributed by atoms with Gasteiger partial charge in [0.2, 0.25) is 13.6 Å². The molecule has 2 aromatic carbocycles. The molecule has 2 N–H and O–H groups in total. The van der Waals surface area contributed by atoms with Gasteiger partial charge in [-0.05, 0) is 47.9 Å². The van der Waals surface area contributed by atoms with Gasteiger partial charge in [0.05, 0.1) is 12.1 Å². The molecule has 0 unspecified atom stereocenters. The third-order valence-corrected chi connectivity index (χ3v) is 4.56. The van der Waals surface area contributed by atoms with E-state index >= 15 is 0 Å². The molecule has 0 amide bonds. The molecule has 2 aliphatic heterocycles. The van der Waals surface area contributed by atoms with Gasteiger partial charge in [-0.25, -0.2) is 0 Å². The van der Waals surface area contributed by atoms with E-state index in [0.29, 0.717) is 23.2 Å². The summed E-state index contributed by atoms with van der Waals surface area (Å²) in [5.74, 6) is 3.26. The second kappa shape index (κ2) is 7.05. The minimum atomic E-state index is -0.747. The van der Waals surface area contributed by atoms with Crippen LogP contribution in [-0.4, -0.2) is 25.2 Å². The Balaban J connectivity index is 1.64. The van der Waals surface area contributed by atoms with E-state index < -0.39 is 6.10 Å². The summed E-state index contributed by atoms with van der Waals surface area (Å²) in [6.07, 6.45) is -0.747. The van der Waals surface area contributed by atoms with Crippen LogP contribution in [0.4, 0.5) is 0 Å². The fraction of sp³-hybridized carbons (Fsp3) is 0.400. The molecule has 0 saturated carbocycles. The van der Waals surface area contributed by atoms with E-state index in [-0.39, 0.29) is 19.6 Å². The molecule has 0 fully saturated rings. The van der Waals surface area contributed by atoms with Gasteiger partial charge in [0.1, 0.15) is 0 Å². The second-order valence-electron chi connectivity index (χ2n) is 6.95. The Morgan fingerprint density at radius 1 is 0.846 bits per heavy atom. The topological polar surface area (TPSA) is 69.2 Å². The maximum absolute atomic E-state index is 11.1. The highest BCUT2D eigenvalue weighted by molar-refractivity contribution is 5.48. The van der Waals surface area contributed by atoms with Crippen molar-refractivity contribution in [2.45, 2.75) is 26.0 Å². The number of nitrogens with one attached hydrogen (secondary N) is 1. The number of rotatable bonds is 6. The Labute approximate surface area is 152 Å². The van der Waals surface area contributed by atoms with Crippen LogP contribution in [0.15, 0.2) is 36.4 Å². The van der Waals surface area contributed by atoms with Crippen molar-refractivity contribution in [3.63, 3.8) is 0 Å². The summed E-state index contributed by atoms with van der Waals surface area (Å²) >= 11 is 0. The lowest BCUT2D eigenvalue weighted by Crippen LogP contribution is -2.30. The molecule has 0 aliphatic carbocycles. The molecule has 0 saturated heterocycles. The molecule has 6 nitrogen and oxygen atoms in total. The van der Waals surface area contributed by atoms with Gasteiger partial charge in [-0.3, -0.25) is 0 Å². The summed E-state index contributed by atoms with van der Waals surface area (Å²) in [5, 5.41) is 14.6. The summed E-state index contributed by atoms with van der Waals surface area (Å²) in [6.45, 7) is 5.49. The zero-order valence-electron chi connectivity index (χ0n) is 14.9. The molecule has 0 aromatic heterocycles. The standard InChI is InChI=1S/C20H23NO5/c1-12(2)9-21-19(13-3-5-15-17(7-13)25-10-23-15)20(22)14-4-6-16-18(8-14)26-11-24-16/h3-8,12,19-22H,9-11H2,1-2H3/t19-,20+/m0/s1. The Morgan fingerprint density at radius 2 is 1.38 bits per heavy atom. The number of fused-ring (bicyclic) bond motifs is 2. The summed E-state index contributed by atoms with van der Waals surface area (Å²) < 4.78 is 21.7. The maximum atomic E-state index is 11.1. The third-order valence-electron chi connectivity index (χ3n) is 4.56. The van der Waals surface area contributed by atoms with E-state index in [0.717, 1.165) is 23.4 Å². The fourth-order valence-electron chi connectivity index (χ4n) is 3.17. The van der Waals surface area contributed by atoms with Crippen molar-refractivity contribution in [3.8, 4) is 23.0 Å². The summed E-state index contributed by atoms with van der Waals surface area (Å²) in [4.78, 5) is 0. The van der Waals surface area contributed by atoms with Crippen molar-refractivity contribution in [2.24, 2.45) is 5.92 Å². The Morgan fingerprint density at radius 3 is 2.00 bits per heavy atom. The van der Waals surface area contributed by atoms with Gasteiger partial charge in [0.15, 0.2) is 23.0 Å². The molecular formula is C20H23NO5. The van der Waals surface area contributed by atoms with E-state index in [4.69, 9.17) is 18.9 Å². The average molecular weight is 357 g/mol. The van der Waals surface area contributed by atoms with Crippen molar-refractivity contribution in [1.82, 2.24) is 5.32 Å². The first-order valence-electron chi connectivity index (χ1n) is 8.82. The number of ether oxygens (including phenoxy) is 4. The predicted molar refractivity (Wildman–Crippen MR) is 95.7 cm³/mol. The number of aliphatic hydroxyl groups excluding tert-OH is 1. The van der Waals surface area contributed by atoms with Crippen molar-refractivity contribution >= 4 is 0 Å². The summed E-state index contributed by atoms with van der Waals surface area (Å²) in [6, 6.07) is 11.0. The lowest BCUT2D eigenvalue weighted by Gasteiger charge is -2.26. The largest absolute Gasteiger partial charge is 0.454 e.